The van der Waals surface area contributed by atoms with Crippen molar-refractivity contribution in [3.63, 3.8) is 0 Å². The van der Waals surface area contributed by atoms with Gasteiger partial charge in [-0.15, -0.1) is 5.10 Å². The second-order valence-electron chi connectivity index (χ2n) is 6.11. The number of rotatable bonds is 1. The Labute approximate surface area is 144 Å². The average molecular weight is 329 g/mol. The molecule has 1 aliphatic rings. The first-order valence-electron chi connectivity index (χ1n) is 7.98. The second-order valence-corrected chi connectivity index (χ2v) is 7.19. The lowest BCUT2D eigenvalue weighted by Crippen LogP contribution is -2.18. The predicted octanol–water partition coefficient (Wildman–Crippen LogP) is 4.84. The Kier molecular flexibility index (Phi) is 3.00. The summed E-state index contributed by atoms with van der Waals surface area (Å²) in [6.45, 7) is 2.08. The molecule has 0 aliphatic carbocycles. The number of fused-ring (bicyclic) bond motifs is 3. The summed E-state index contributed by atoms with van der Waals surface area (Å²) in [5.74, 6) is 0. The molecule has 0 N–H and O–H groups in total. The maximum absolute atomic E-state index is 4.52. The van der Waals surface area contributed by atoms with Gasteiger partial charge in [0, 0.05) is 9.79 Å². The summed E-state index contributed by atoms with van der Waals surface area (Å²) in [4.78, 5) is 2.58. The zero-order valence-electron chi connectivity index (χ0n) is 13.2. The summed E-state index contributed by atoms with van der Waals surface area (Å²) in [7, 11) is 0. The van der Waals surface area contributed by atoms with E-state index in [2.05, 4.69) is 88.6 Å². The Morgan fingerprint density at radius 3 is 2.25 bits per heavy atom. The van der Waals surface area contributed by atoms with Crippen LogP contribution >= 0.6 is 11.8 Å². The van der Waals surface area contributed by atoms with E-state index in [9.17, 15) is 0 Å². The fraction of sp³-hybridized carbons (Fsp3) is 0.100. The lowest BCUT2D eigenvalue weighted by atomic mass is 9.97. The lowest BCUT2D eigenvalue weighted by Gasteiger charge is -2.28. The van der Waals surface area contributed by atoms with Gasteiger partial charge in [0.1, 0.15) is 11.6 Å². The predicted molar refractivity (Wildman–Crippen MR) is 96.5 cm³/mol. The third-order valence-corrected chi connectivity index (χ3v) is 5.70. The van der Waals surface area contributed by atoms with E-state index in [1.165, 1.54) is 26.5 Å². The largest absolute Gasteiger partial charge is 0.233 e. The quantitative estimate of drug-likeness (QED) is 0.441. The molecule has 0 amide bonds. The number of hydrogen-bond donors (Lipinski definition) is 0. The summed E-state index contributed by atoms with van der Waals surface area (Å²) >= 11 is 1.83. The van der Waals surface area contributed by atoms with Gasteiger partial charge in [-0.3, -0.25) is 0 Å². The van der Waals surface area contributed by atoms with Crippen molar-refractivity contribution in [1.29, 1.82) is 0 Å². The molecule has 0 bridgehead atoms. The Hall–Kier alpha value is -2.59. The van der Waals surface area contributed by atoms with Crippen molar-refractivity contribution >= 4 is 22.8 Å². The van der Waals surface area contributed by atoms with Crippen molar-refractivity contribution in [3.8, 4) is 0 Å². The maximum atomic E-state index is 4.52. The molecule has 4 aromatic rings. The topological polar surface area (TPSA) is 30.7 Å². The highest BCUT2D eigenvalue weighted by Gasteiger charge is 2.29. The minimum absolute atomic E-state index is 0.0614. The monoisotopic (exact) mass is 329 g/mol. The summed E-state index contributed by atoms with van der Waals surface area (Å²) < 4.78 is 2.06. The van der Waals surface area contributed by atoms with E-state index in [1.54, 1.807) is 0 Å². The van der Waals surface area contributed by atoms with E-state index < -0.39 is 0 Å². The summed E-state index contributed by atoms with van der Waals surface area (Å²) in [6.07, 6.45) is 0. The van der Waals surface area contributed by atoms with Crippen LogP contribution in [0.5, 0.6) is 0 Å². The summed E-state index contributed by atoms with van der Waals surface area (Å²) in [5.41, 5.74) is 5.79. The standard InChI is InChI=1S/C20H15N3S/c1-13-10-11-17-16(12-13)21-22-23(17)20-14-6-2-4-8-18(14)24-19-9-5-3-7-15(19)20/h2-12,20H,1H3. The molecule has 1 aromatic heterocycles. The van der Waals surface area contributed by atoms with Crippen LogP contribution in [-0.4, -0.2) is 15.0 Å². The smallest absolute Gasteiger partial charge is 0.113 e. The van der Waals surface area contributed by atoms with E-state index in [0.29, 0.717) is 0 Å². The Morgan fingerprint density at radius 2 is 1.54 bits per heavy atom. The van der Waals surface area contributed by atoms with Crippen LogP contribution in [0.25, 0.3) is 11.0 Å². The van der Waals surface area contributed by atoms with Gasteiger partial charge in [-0.05, 0) is 47.9 Å². The van der Waals surface area contributed by atoms with Crippen molar-refractivity contribution in [2.24, 2.45) is 0 Å². The van der Waals surface area contributed by atoms with E-state index in [0.717, 1.165) is 11.0 Å². The molecule has 0 saturated carbocycles. The lowest BCUT2D eigenvalue weighted by molar-refractivity contribution is 0.571. The van der Waals surface area contributed by atoms with Crippen LogP contribution in [-0.2, 0) is 0 Å². The molecule has 1 aliphatic heterocycles. The van der Waals surface area contributed by atoms with Crippen LogP contribution in [0.1, 0.15) is 22.7 Å². The first-order chi connectivity index (χ1) is 11.8. The minimum atomic E-state index is 0.0614. The van der Waals surface area contributed by atoms with Crippen LogP contribution in [0.15, 0.2) is 76.5 Å². The van der Waals surface area contributed by atoms with Gasteiger partial charge in [0.05, 0.1) is 5.52 Å². The Balaban J connectivity index is 1.81. The van der Waals surface area contributed by atoms with Crippen molar-refractivity contribution in [2.75, 3.05) is 0 Å². The molecule has 0 saturated heterocycles. The van der Waals surface area contributed by atoms with Gasteiger partial charge in [-0.1, -0.05) is 59.4 Å². The fourth-order valence-corrected chi connectivity index (χ4v) is 4.52. The van der Waals surface area contributed by atoms with Crippen molar-refractivity contribution in [1.82, 2.24) is 15.0 Å². The number of benzene rings is 3. The van der Waals surface area contributed by atoms with Gasteiger partial charge in [-0.2, -0.15) is 0 Å². The summed E-state index contributed by atoms with van der Waals surface area (Å²) in [5, 5.41) is 8.92. The molecule has 5 rings (SSSR count). The maximum Gasteiger partial charge on any atom is 0.113 e. The van der Waals surface area contributed by atoms with Crippen molar-refractivity contribution < 1.29 is 0 Å². The van der Waals surface area contributed by atoms with E-state index in [4.69, 9.17) is 0 Å². The van der Waals surface area contributed by atoms with E-state index in [-0.39, 0.29) is 6.04 Å². The van der Waals surface area contributed by atoms with Gasteiger partial charge in [0.25, 0.3) is 0 Å². The first kappa shape index (κ1) is 13.8. The van der Waals surface area contributed by atoms with Crippen molar-refractivity contribution in [2.45, 2.75) is 22.8 Å². The minimum Gasteiger partial charge on any atom is -0.233 e. The average Bonchev–Trinajstić information content (AvgIpc) is 3.02. The third kappa shape index (κ3) is 2.00. The molecule has 3 nitrogen and oxygen atoms in total. The SMILES string of the molecule is Cc1ccc2c(c1)nnn2C1c2ccccc2Sc2ccccc21. The third-order valence-electron chi connectivity index (χ3n) is 4.52. The highest BCUT2D eigenvalue weighted by molar-refractivity contribution is 7.99. The van der Waals surface area contributed by atoms with Gasteiger partial charge in [0.15, 0.2) is 0 Å². The van der Waals surface area contributed by atoms with Crippen LogP contribution in [0.4, 0.5) is 0 Å². The normalized spacial score (nSPS) is 13.7. The highest BCUT2D eigenvalue weighted by atomic mass is 32.2. The second kappa shape index (κ2) is 5.21. The molecular formula is C20H15N3S. The molecule has 0 spiro atoms. The van der Waals surface area contributed by atoms with Crippen LogP contribution in [0.3, 0.4) is 0 Å². The Morgan fingerprint density at radius 1 is 0.875 bits per heavy atom. The fourth-order valence-electron chi connectivity index (χ4n) is 3.39. The van der Waals surface area contributed by atoms with Gasteiger partial charge in [0.2, 0.25) is 0 Å². The molecule has 2 heterocycles. The number of hydrogen-bond acceptors (Lipinski definition) is 3. The molecule has 0 radical (unpaired) electrons. The van der Waals surface area contributed by atoms with Gasteiger partial charge in [-0.25, -0.2) is 4.68 Å². The Bertz CT molecular complexity index is 1020. The molecule has 0 unspecified atom stereocenters. The zero-order valence-corrected chi connectivity index (χ0v) is 14.0. The highest BCUT2D eigenvalue weighted by Crippen LogP contribution is 2.46. The first-order valence-corrected chi connectivity index (χ1v) is 8.80. The summed E-state index contributed by atoms with van der Waals surface area (Å²) in [6, 6.07) is 23.6. The van der Waals surface area contributed by atoms with Gasteiger partial charge >= 0.3 is 0 Å². The number of aromatic nitrogens is 3. The molecular weight excluding hydrogens is 314 g/mol. The molecule has 116 valence electrons. The van der Waals surface area contributed by atoms with Gasteiger partial charge < -0.3 is 0 Å². The van der Waals surface area contributed by atoms with Crippen LogP contribution in [0.2, 0.25) is 0 Å². The molecule has 4 heteroatoms. The van der Waals surface area contributed by atoms with Crippen molar-refractivity contribution in [3.05, 3.63) is 83.4 Å². The van der Waals surface area contributed by atoms with E-state index >= 15 is 0 Å². The molecule has 24 heavy (non-hydrogen) atoms. The number of nitrogens with zero attached hydrogens (tertiary/aromatic N) is 3. The number of aryl methyl sites for hydroxylation is 1. The van der Waals surface area contributed by atoms with E-state index in [1.807, 2.05) is 11.8 Å². The zero-order chi connectivity index (χ0) is 16.1. The van der Waals surface area contributed by atoms with Crippen LogP contribution < -0.4 is 0 Å². The van der Waals surface area contributed by atoms with Crippen LogP contribution in [0, 0.1) is 6.92 Å². The molecule has 3 aromatic carbocycles. The molecule has 0 fully saturated rings. The molecule has 0 atom stereocenters.